The number of benzene rings is 1. The van der Waals surface area contributed by atoms with E-state index in [9.17, 15) is 13.2 Å². The highest BCUT2D eigenvalue weighted by Crippen LogP contribution is 2.36. The second kappa shape index (κ2) is 4.24. The largest absolute Gasteiger partial charge is 0.416 e. The minimum absolute atomic E-state index is 0.444. The highest BCUT2D eigenvalue weighted by Gasteiger charge is 2.32. The molecule has 1 heterocycles. The molecule has 1 nitrogen and oxygen atoms in total. The van der Waals surface area contributed by atoms with E-state index in [4.69, 9.17) is 0 Å². The number of hydrogen-bond donors (Lipinski definition) is 0. The molecule has 0 saturated carbocycles. The molecule has 2 rings (SSSR count). The van der Waals surface area contributed by atoms with Gasteiger partial charge in [-0.15, -0.1) is 0 Å². The van der Waals surface area contributed by atoms with Crippen LogP contribution in [0.5, 0.6) is 0 Å². The van der Waals surface area contributed by atoms with Crippen LogP contribution in [-0.2, 0) is 12.6 Å². The van der Waals surface area contributed by atoms with Crippen molar-refractivity contribution in [2.45, 2.75) is 38.4 Å². The van der Waals surface area contributed by atoms with Crippen LogP contribution in [-0.4, -0.2) is 13.1 Å². The molecule has 0 aromatic heterocycles. The first-order valence-electron chi connectivity index (χ1n) is 5.86. The van der Waals surface area contributed by atoms with Gasteiger partial charge in [0, 0.05) is 18.8 Å². The van der Waals surface area contributed by atoms with Crippen LogP contribution in [0.25, 0.3) is 0 Å². The summed E-state index contributed by atoms with van der Waals surface area (Å²) >= 11 is 0. The number of halogens is 3. The maximum atomic E-state index is 12.6. The summed E-state index contributed by atoms with van der Waals surface area (Å²) in [5.74, 6) is 0. The van der Waals surface area contributed by atoms with Crippen LogP contribution in [0.3, 0.4) is 0 Å². The summed E-state index contributed by atoms with van der Waals surface area (Å²) in [6.45, 7) is 2.11. The third kappa shape index (κ3) is 2.26. The lowest BCUT2D eigenvalue weighted by atomic mass is 9.93. The second-order valence-electron chi connectivity index (χ2n) is 4.55. The molecule has 1 atom stereocenters. The molecule has 0 aliphatic carbocycles. The van der Waals surface area contributed by atoms with Gasteiger partial charge in [-0.3, -0.25) is 0 Å². The Morgan fingerprint density at radius 3 is 2.65 bits per heavy atom. The quantitative estimate of drug-likeness (QED) is 0.723. The summed E-state index contributed by atoms with van der Waals surface area (Å²) in [6, 6.07) is 4.50. The molecule has 0 spiro atoms. The fourth-order valence-corrected chi connectivity index (χ4v) is 2.50. The van der Waals surface area contributed by atoms with Gasteiger partial charge in [0.25, 0.3) is 0 Å². The lowest BCUT2D eigenvalue weighted by molar-refractivity contribution is -0.137. The molecule has 94 valence electrons. The Morgan fingerprint density at radius 1 is 1.35 bits per heavy atom. The second-order valence-corrected chi connectivity index (χ2v) is 4.55. The van der Waals surface area contributed by atoms with E-state index in [0.29, 0.717) is 6.04 Å². The van der Waals surface area contributed by atoms with Crippen LogP contribution in [0.2, 0.25) is 0 Å². The summed E-state index contributed by atoms with van der Waals surface area (Å²) in [4.78, 5) is 2.10. The predicted molar refractivity (Wildman–Crippen MR) is 62.2 cm³/mol. The van der Waals surface area contributed by atoms with E-state index in [1.54, 1.807) is 6.07 Å². The van der Waals surface area contributed by atoms with Crippen molar-refractivity contribution in [1.29, 1.82) is 0 Å². The fourth-order valence-electron chi connectivity index (χ4n) is 2.50. The van der Waals surface area contributed by atoms with Gasteiger partial charge >= 0.3 is 6.18 Å². The van der Waals surface area contributed by atoms with E-state index in [1.807, 2.05) is 7.05 Å². The highest BCUT2D eigenvalue weighted by molar-refractivity contribution is 5.57. The zero-order chi connectivity index (χ0) is 12.6. The van der Waals surface area contributed by atoms with E-state index in [1.165, 1.54) is 12.1 Å². The third-order valence-corrected chi connectivity index (χ3v) is 3.55. The van der Waals surface area contributed by atoms with Crippen LogP contribution < -0.4 is 4.90 Å². The number of hydrogen-bond acceptors (Lipinski definition) is 1. The first kappa shape index (κ1) is 12.3. The number of aryl methyl sites for hydroxylation is 1. The molecule has 0 N–H and O–H groups in total. The van der Waals surface area contributed by atoms with Crippen molar-refractivity contribution >= 4 is 5.69 Å². The Balaban J connectivity index is 2.36. The monoisotopic (exact) mass is 243 g/mol. The molecule has 17 heavy (non-hydrogen) atoms. The molecule has 0 saturated heterocycles. The number of nitrogens with zero attached hydrogens (tertiary/aromatic N) is 1. The van der Waals surface area contributed by atoms with Crippen molar-refractivity contribution in [3.63, 3.8) is 0 Å². The molecule has 0 fully saturated rings. The molecule has 1 aromatic rings. The van der Waals surface area contributed by atoms with Crippen molar-refractivity contribution < 1.29 is 13.2 Å². The van der Waals surface area contributed by atoms with Crippen molar-refractivity contribution in [3.8, 4) is 0 Å². The topological polar surface area (TPSA) is 3.24 Å². The van der Waals surface area contributed by atoms with Crippen molar-refractivity contribution in [2.24, 2.45) is 0 Å². The Bertz CT molecular complexity index is 412. The molecule has 0 bridgehead atoms. The third-order valence-electron chi connectivity index (χ3n) is 3.55. The van der Waals surface area contributed by atoms with E-state index < -0.39 is 11.7 Å². The van der Waals surface area contributed by atoms with Gasteiger partial charge in [-0.1, -0.05) is 6.92 Å². The maximum absolute atomic E-state index is 12.6. The van der Waals surface area contributed by atoms with E-state index in [-0.39, 0.29) is 0 Å². The molecule has 1 aliphatic rings. The minimum Gasteiger partial charge on any atom is -0.371 e. The average Bonchev–Trinajstić information content (AvgIpc) is 2.28. The van der Waals surface area contributed by atoms with Gasteiger partial charge in [-0.2, -0.15) is 13.2 Å². The SMILES string of the molecule is CC[C@@H]1CCc2cc(C(F)(F)F)ccc2N1C. The molecule has 0 amide bonds. The predicted octanol–water partition coefficient (Wildman–Crippen LogP) is 3.87. The smallest absolute Gasteiger partial charge is 0.371 e. The zero-order valence-electron chi connectivity index (χ0n) is 10.0. The molecular weight excluding hydrogens is 227 g/mol. The molecular formula is C13H16F3N. The number of alkyl halides is 3. The highest BCUT2D eigenvalue weighted by atomic mass is 19.4. The Labute approximate surface area is 99.2 Å². The molecule has 0 unspecified atom stereocenters. The Kier molecular flexibility index (Phi) is 3.06. The molecule has 4 heteroatoms. The van der Waals surface area contributed by atoms with Gasteiger partial charge in [0.15, 0.2) is 0 Å². The van der Waals surface area contributed by atoms with Crippen LogP contribution >= 0.6 is 0 Å². The average molecular weight is 243 g/mol. The Morgan fingerprint density at radius 2 is 2.06 bits per heavy atom. The number of rotatable bonds is 1. The van der Waals surface area contributed by atoms with Crippen molar-refractivity contribution in [1.82, 2.24) is 0 Å². The van der Waals surface area contributed by atoms with Crippen LogP contribution in [0.15, 0.2) is 18.2 Å². The zero-order valence-corrected chi connectivity index (χ0v) is 10.0. The van der Waals surface area contributed by atoms with Gasteiger partial charge in [0.2, 0.25) is 0 Å². The van der Waals surface area contributed by atoms with Crippen molar-refractivity contribution in [2.75, 3.05) is 11.9 Å². The summed E-state index contributed by atoms with van der Waals surface area (Å²) in [5, 5.41) is 0. The van der Waals surface area contributed by atoms with Gasteiger partial charge in [-0.05, 0) is 43.0 Å². The number of fused-ring (bicyclic) bond motifs is 1. The lowest BCUT2D eigenvalue weighted by Crippen LogP contribution is -2.35. The first-order chi connectivity index (χ1) is 7.93. The van der Waals surface area contributed by atoms with Crippen LogP contribution in [0, 0.1) is 0 Å². The normalized spacial score (nSPS) is 20.3. The van der Waals surface area contributed by atoms with Gasteiger partial charge in [0.1, 0.15) is 0 Å². The number of anilines is 1. The van der Waals surface area contributed by atoms with Crippen LogP contribution in [0.1, 0.15) is 30.9 Å². The van der Waals surface area contributed by atoms with E-state index in [2.05, 4.69) is 11.8 Å². The van der Waals surface area contributed by atoms with Crippen molar-refractivity contribution in [3.05, 3.63) is 29.3 Å². The molecule has 1 aromatic carbocycles. The summed E-state index contributed by atoms with van der Waals surface area (Å²) in [6.07, 6.45) is -1.55. The van der Waals surface area contributed by atoms with Gasteiger partial charge in [0.05, 0.1) is 5.56 Å². The standard InChI is InChI=1S/C13H16F3N/c1-3-11-6-4-9-8-10(13(14,15)16)5-7-12(9)17(11)2/h5,7-8,11H,3-4,6H2,1-2H3/t11-/m1/s1. The van der Waals surface area contributed by atoms with E-state index >= 15 is 0 Å². The van der Waals surface area contributed by atoms with Gasteiger partial charge in [-0.25, -0.2) is 0 Å². The fraction of sp³-hybridized carbons (Fsp3) is 0.538. The van der Waals surface area contributed by atoms with E-state index in [0.717, 1.165) is 30.5 Å². The Hall–Kier alpha value is -1.19. The maximum Gasteiger partial charge on any atom is 0.416 e. The lowest BCUT2D eigenvalue weighted by Gasteiger charge is -2.35. The minimum atomic E-state index is -4.24. The summed E-state index contributed by atoms with van der Waals surface area (Å²) < 4.78 is 37.8. The molecule has 0 radical (unpaired) electrons. The van der Waals surface area contributed by atoms with Gasteiger partial charge < -0.3 is 4.90 Å². The van der Waals surface area contributed by atoms with Crippen LogP contribution in [0.4, 0.5) is 18.9 Å². The summed E-state index contributed by atoms with van der Waals surface area (Å²) in [7, 11) is 1.96. The molecule has 1 aliphatic heterocycles. The summed E-state index contributed by atoms with van der Waals surface area (Å²) in [5.41, 5.74) is 1.21. The first-order valence-corrected chi connectivity index (χ1v) is 5.86.